The van der Waals surface area contributed by atoms with Gasteiger partial charge in [-0.25, -0.2) is 9.59 Å². The number of aliphatic carboxylic acids is 1. The molecule has 7 nitrogen and oxygen atoms in total. The van der Waals surface area contributed by atoms with E-state index in [-0.39, 0.29) is 18.9 Å². The average Bonchev–Trinajstić information content (AvgIpc) is 2.90. The first-order valence-electron chi connectivity index (χ1n) is 7.76. The van der Waals surface area contributed by atoms with Gasteiger partial charge in [-0.05, 0) is 32.9 Å². The standard InChI is InChI=1S/C17H22N2O5/c1-17(2,3)24-16(23)19-10-12(9-13(19)15(21)22)18-14(20)11-7-5-4-6-8-11/h4-8,12-13H,9-10H2,1-3H3,(H,18,20)(H,21,22)/t12-,13+/m1/s1. The average molecular weight is 334 g/mol. The monoisotopic (exact) mass is 334 g/mol. The first-order valence-corrected chi connectivity index (χ1v) is 7.76. The fourth-order valence-corrected chi connectivity index (χ4v) is 2.56. The van der Waals surface area contributed by atoms with Gasteiger partial charge < -0.3 is 15.2 Å². The molecule has 0 spiro atoms. The third-order valence-electron chi connectivity index (χ3n) is 3.59. The maximum Gasteiger partial charge on any atom is 0.411 e. The molecule has 2 N–H and O–H groups in total. The highest BCUT2D eigenvalue weighted by Gasteiger charge is 2.42. The molecular weight excluding hydrogens is 312 g/mol. The van der Waals surface area contributed by atoms with Gasteiger partial charge in [-0.2, -0.15) is 0 Å². The number of carbonyl (C=O) groups excluding carboxylic acids is 2. The van der Waals surface area contributed by atoms with Gasteiger partial charge in [-0.1, -0.05) is 18.2 Å². The van der Waals surface area contributed by atoms with Crippen molar-refractivity contribution >= 4 is 18.0 Å². The van der Waals surface area contributed by atoms with E-state index in [1.165, 1.54) is 0 Å². The quantitative estimate of drug-likeness (QED) is 0.880. The number of rotatable bonds is 3. The lowest BCUT2D eigenvalue weighted by Gasteiger charge is -2.26. The molecule has 7 heteroatoms. The van der Waals surface area contributed by atoms with Crippen LogP contribution in [0.5, 0.6) is 0 Å². The summed E-state index contributed by atoms with van der Waals surface area (Å²) < 4.78 is 5.25. The van der Waals surface area contributed by atoms with Crippen LogP contribution < -0.4 is 5.32 Å². The van der Waals surface area contributed by atoms with E-state index < -0.39 is 29.7 Å². The minimum absolute atomic E-state index is 0.102. The lowest BCUT2D eigenvalue weighted by atomic mass is 10.1. The summed E-state index contributed by atoms with van der Waals surface area (Å²) in [4.78, 5) is 37.0. The third-order valence-corrected chi connectivity index (χ3v) is 3.59. The zero-order valence-electron chi connectivity index (χ0n) is 14.0. The molecule has 2 atom stereocenters. The molecule has 24 heavy (non-hydrogen) atoms. The Kier molecular flexibility index (Phi) is 5.11. The highest BCUT2D eigenvalue weighted by Crippen LogP contribution is 2.22. The van der Waals surface area contributed by atoms with Crippen LogP contribution in [0.2, 0.25) is 0 Å². The van der Waals surface area contributed by atoms with E-state index in [4.69, 9.17) is 4.74 Å². The summed E-state index contributed by atoms with van der Waals surface area (Å²) in [7, 11) is 0. The molecule has 0 aromatic heterocycles. The molecule has 1 aliphatic rings. The van der Waals surface area contributed by atoms with E-state index >= 15 is 0 Å². The van der Waals surface area contributed by atoms with E-state index in [1.807, 2.05) is 0 Å². The molecule has 1 saturated heterocycles. The molecule has 130 valence electrons. The number of hydrogen-bond acceptors (Lipinski definition) is 4. The summed E-state index contributed by atoms with van der Waals surface area (Å²) in [6.07, 6.45) is -0.543. The van der Waals surface area contributed by atoms with Crippen LogP contribution in [-0.2, 0) is 9.53 Å². The van der Waals surface area contributed by atoms with Crippen molar-refractivity contribution in [2.45, 2.75) is 44.9 Å². The SMILES string of the molecule is CC(C)(C)OC(=O)N1C[C@H](NC(=O)c2ccccc2)C[C@H]1C(=O)O. The normalized spacial score (nSPS) is 20.5. The molecule has 2 amide bonds. The van der Waals surface area contributed by atoms with Crippen LogP contribution in [-0.4, -0.2) is 52.2 Å². The lowest BCUT2D eigenvalue weighted by Crippen LogP contribution is -2.44. The molecule has 0 aliphatic carbocycles. The van der Waals surface area contributed by atoms with Gasteiger partial charge in [0.05, 0.1) is 0 Å². The Bertz CT molecular complexity index is 624. The van der Waals surface area contributed by atoms with Crippen LogP contribution in [0, 0.1) is 0 Å². The number of benzene rings is 1. The van der Waals surface area contributed by atoms with E-state index in [1.54, 1.807) is 51.1 Å². The molecule has 1 heterocycles. The zero-order chi connectivity index (χ0) is 17.9. The van der Waals surface area contributed by atoms with Crippen molar-refractivity contribution in [2.75, 3.05) is 6.54 Å². The number of carboxylic acids is 1. The molecule has 1 aromatic rings. The Morgan fingerprint density at radius 3 is 2.38 bits per heavy atom. The number of amides is 2. The summed E-state index contributed by atoms with van der Waals surface area (Å²) in [5, 5.41) is 12.1. The van der Waals surface area contributed by atoms with E-state index in [2.05, 4.69) is 5.32 Å². The van der Waals surface area contributed by atoms with Crippen LogP contribution in [0.25, 0.3) is 0 Å². The highest BCUT2D eigenvalue weighted by molar-refractivity contribution is 5.94. The smallest absolute Gasteiger partial charge is 0.411 e. The predicted octanol–water partition coefficient (Wildman–Crippen LogP) is 1.88. The van der Waals surface area contributed by atoms with Gasteiger partial charge in [0, 0.05) is 24.6 Å². The van der Waals surface area contributed by atoms with Crippen molar-refractivity contribution in [3.63, 3.8) is 0 Å². The molecule has 1 aromatic carbocycles. The second-order valence-electron chi connectivity index (χ2n) is 6.76. The Morgan fingerprint density at radius 1 is 1.21 bits per heavy atom. The zero-order valence-corrected chi connectivity index (χ0v) is 14.0. The Morgan fingerprint density at radius 2 is 1.83 bits per heavy atom. The van der Waals surface area contributed by atoms with Gasteiger partial charge in [0.2, 0.25) is 0 Å². The van der Waals surface area contributed by atoms with Gasteiger partial charge in [0.25, 0.3) is 5.91 Å². The molecular formula is C17H22N2O5. The van der Waals surface area contributed by atoms with Crippen LogP contribution >= 0.6 is 0 Å². The fraction of sp³-hybridized carbons (Fsp3) is 0.471. The maximum atomic E-state index is 12.2. The van der Waals surface area contributed by atoms with Gasteiger partial charge in [-0.3, -0.25) is 9.69 Å². The largest absolute Gasteiger partial charge is 0.480 e. The van der Waals surface area contributed by atoms with Gasteiger partial charge in [0.1, 0.15) is 11.6 Å². The molecule has 0 unspecified atom stereocenters. The van der Waals surface area contributed by atoms with Crippen molar-refractivity contribution in [1.82, 2.24) is 10.2 Å². The topological polar surface area (TPSA) is 95.9 Å². The molecule has 0 saturated carbocycles. The van der Waals surface area contributed by atoms with Gasteiger partial charge in [-0.15, -0.1) is 0 Å². The fourth-order valence-electron chi connectivity index (χ4n) is 2.56. The molecule has 0 bridgehead atoms. The first-order chi connectivity index (χ1) is 11.2. The second-order valence-corrected chi connectivity index (χ2v) is 6.76. The maximum absolute atomic E-state index is 12.2. The third kappa shape index (κ3) is 4.47. The number of carbonyl (C=O) groups is 3. The highest BCUT2D eigenvalue weighted by atomic mass is 16.6. The summed E-state index contributed by atoms with van der Waals surface area (Å²) in [5.41, 5.74) is -0.231. The molecule has 1 aliphatic heterocycles. The number of nitrogens with zero attached hydrogens (tertiary/aromatic N) is 1. The van der Waals surface area contributed by atoms with E-state index in [0.717, 1.165) is 4.90 Å². The number of carboxylic acid groups (broad SMARTS) is 1. The minimum atomic E-state index is -1.11. The molecule has 1 fully saturated rings. The van der Waals surface area contributed by atoms with Crippen LogP contribution in [0.1, 0.15) is 37.6 Å². The Labute approximate surface area is 140 Å². The summed E-state index contributed by atoms with van der Waals surface area (Å²) >= 11 is 0. The second kappa shape index (κ2) is 6.90. The lowest BCUT2D eigenvalue weighted by molar-refractivity contribution is -0.142. The van der Waals surface area contributed by atoms with Crippen LogP contribution in [0.4, 0.5) is 4.79 Å². The van der Waals surface area contributed by atoms with Crippen LogP contribution in [0.15, 0.2) is 30.3 Å². The number of hydrogen-bond donors (Lipinski definition) is 2. The van der Waals surface area contributed by atoms with E-state index in [0.29, 0.717) is 5.56 Å². The van der Waals surface area contributed by atoms with Gasteiger partial charge >= 0.3 is 12.1 Å². The summed E-state index contributed by atoms with van der Waals surface area (Å²) in [6.45, 7) is 5.24. The Hall–Kier alpha value is -2.57. The van der Waals surface area contributed by atoms with Crippen molar-refractivity contribution < 1.29 is 24.2 Å². The van der Waals surface area contributed by atoms with Gasteiger partial charge in [0.15, 0.2) is 0 Å². The van der Waals surface area contributed by atoms with Crippen molar-refractivity contribution in [3.8, 4) is 0 Å². The van der Waals surface area contributed by atoms with Crippen molar-refractivity contribution in [3.05, 3.63) is 35.9 Å². The van der Waals surface area contributed by atoms with Crippen molar-refractivity contribution in [2.24, 2.45) is 0 Å². The first kappa shape index (κ1) is 17.8. The number of likely N-dealkylation sites (tertiary alicyclic amines) is 1. The van der Waals surface area contributed by atoms with Crippen molar-refractivity contribution in [1.29, 1.82) is 0 Å². The predicted molar refractivity (Wildman–Crippen MR) is 86.7 cm³/mol. The molecule has 2 rings (SSSR count). The molecule has 0 radical (unpaired) electrons. The minimum Gasteiger partial charge on any atom is -0.480 e. The van der Waals surface area contributed by atoms with Crippen LogP contribution in [0.3, 0.4) is 0 Å². The summed E-state index contributed by atoms with van der Waals surface area (Å²) in [6, 6.07) is 7.19. The number of nitrogens with one attached hydrogen (secondary N) is 1. The Balaban J connectivity index is 2.05. The summed E-state index contributed by atoms with van der Waals surface area (Å²) in [5.74, 6) is -1.41. The van der Waals surface area contributed by atoms with E-state index in [9.17, 15) is 19.5 Å². The number of ether oxygens (including phenoxy) is 1.